The molecule has 1 heterocycles. The molecule has 0 saturated heterocycles. The molecule has 1 atom stereocenters. The summed E-state index contributed by atoms with van der Waals surface area (Å²) in [7, 11) is 0. The first-order valence-corrected chi connectivity index (χ1v) is 9.04. The highest BCUT2D eigenvalue weighted by molar-refractivity contribution is 6.34. The van der Waals surface area contributed by atoms with Crippen LogP contribution in [0, 0.1) is 5.92 Å². The van der Waals surface area contributed by atoms with Crippen LogP contribution in [0.5, 0.6) is 5.75 Å². The highest BCUT2D eigenvalue weighted by atomic mass is 35.5. The summed E-state index contributed by atoms with van der Waals surface area (Å²) in [6.45, 7) is 2.70. The number of phenolic OH excluding ortho intramolecular Hbond substituents is 1. The van der Waals surface area contributed by atoms with Crippen LogP contribution in [0.2, 0.25) is 5.15 Å². The van der Waals surface area contributed by atoms with Crippen LogP contribution in [0.1, 0.15) is 18.1 Å². The van der Waals surface area contributed by atoms with Crippen molar-refractivity contribution in [1.29, 1.82) is 0 Å². The number of aromatic nitrogens is 2. The summed E-state index contributed by atoms with van der Waals surface area (Å²) in [5.74, 6) is -0.864. The summed E-state index contributed by atoms with van der Waals surface area (Å²) < 4.78 is 0. The molecule has 7 heteroatoms. The van der Waals surface area contributed by atoms with Crippen molar-refractivity contribution in [3.8, 4) is 5.75 Å². The summed E-state index contributed by atoms with van der Waals surface area (Å²) in [5, 5.41) is 17.5. The van der Waals surface area contributed by atoms with Gasteiger partial charge in [0.2, 0.25) is 5.91 Å². The maximum absolute atomic E-state index is 12.9. The Labute approximate surface area is 161 Å². The minimum atomic E-state index is -0.779. The van der Waals surface area contributed by atoms with Gasteiger partial charge >= 0.3 is 0 Å². The molecular weight excluding hydrogens is 366 g/mol. The van der Waals surface area contributed by atoms with Gasteiger partial charge in [0.15, 0.2) is 5.15 Å². The fourth-order valence-corrected chi connectivity index (χ4v) is 3.27. The van der Waals surface area contributed by atoms with Crippen LogP contribution in [-0.4, -0.2) is 38.9 Å². The molecule has 1 amide bonds. The van der Waals surface area contributed by atoms with E-state index in [1.165, 1.54) is 0 Å². The highest BCUT2D eigenvalue weighted by Gasteiger charge is 2.24. The van der Waals surface area contributed by atoms with Gasteiger partial charge in [-0.15, -0.1) is 0 Å². The second-order valence-corrected chi connectivity index (χ2v) is 6.68. The van der Waals surface area contributed by atoms with Gasteiger partial charge in [-0.2, -0.15) is 5.10 Å². The van der Waals surface area contributed by atoms with Crippen molar-refractivity contribution in [2.75, 3.05) is 6.54 Å². The van der Waals surface area contributed by atoms with Crippen molar-refractivity contribution < 1.29 is 14.7 Å². The number of benzene rings is 2. The minimum Gasteiger partial charge on any atom is -0.508 e. The lowest BCUT2D eigenvalue weighted by Crippen LogP contribution is -2.37. The third kappa shape index (κ3) is 4.11. The maximum atomic E-state index is 12.9. The first-order chi connectivity index (χ1) is 13.0. The molecule has 0 aliphatic rings. The summed E-state index contributed by atoms with van der Waals surface area (Å²) >= 11 is 6.06. The van der Waals surface area contributed by atoms with E-state index in [9.17, 15) is 14.7 Å². The Bertz CT molecular complexity index is 953. The fourth-order valence-electron chi connectivity index (χ4n) is 3.07. The van der Waals surface area contributed by atoms with Gasteiger partial charge in [0, 0.05) is 18.5 Å². The van der Waals surface area contributed by atoms with Gasteiger partial charge in [0.25, 0.3) is 0 Å². The molecule has 6 nitrogen and oxygen atoms in total. The van der Waals surface area contributed by atoms with Crippen molar-refractivity contribution in [3.05, 3.63) is 58.7 Å². The molecule has 140 valence electrons. The SMILES string of the molecule is CCN(Cc1cccc2c(Cl)n[nH]c12)C(=O)C(C=O)Cc1ccc(O)cc1. The topological polar surface area (TPSA) is 86.3 Å². The van der Waals surface area contributed by atoms with E-state index >= 15 is 0 Å². The predicted molar refractivity (Wildman–Crippen MR) is 104 cm³/mol. The standard InChI is InChI=1S/C20H20ClN3O3/c1-2-24(11-14-4-3-5-17-18(14)22-23-19(17)21)20(27)15(12-25)10-13-6-8-16(26)9-7-13/h3-9,12,15,26H,2,10-11H2,1H3,(H,22,23). The Balaban J connectivity index is 1.79. The van der Waals surface area contributed by atoms with E-state index < -0.39 is 5.92 Å². The van der Waals surface area contributed by atoms with E-state index in [0.717, 1.165) is 22.0 Å². The lowest BCUT2D eigenvalue weighted by atomic mass is 9.98. The highest BCUT2D eigenvalue weighted by Crippen LogP contribution is 2.24. The molecule has 1 unspecified atom stereocenters. The van der Waals surface area contributed by atoms with Gasteiger partial charge in [-0.3, -0.25) is 9.89 Å². The second-order valence-electron chi connectivity index (χ2n) is 6.32. The van der Waals surface area contributed by atoms with Gasteiger partial charge in [0.1, 0.15) is 12.0 Å². The van der Waals surface area contributed by atoms with Crippen LogP contribution in [0.4, 0.5) is 0 Å². The number of hydrogen-bond acceptors (Lipinski definition) is 4. The number of halogens is 1. The summed E-state index contributed by atoms with van der Waals surface area (Å²) in [4.78, 5) is 26.1. The normalized spacial score (nSPS) is 12.1. The van der Waals surface area contributed by atoms with E-state index in [4.69, 9.17) is 11.6 Å². The largest absolute Gasteiger partial charge is 0.508 e. The molecule has 0 spiro atoms. The Hall–Kier alpha value is -2.86. The Morgan fingerprint density at radius 3 is 2.70 bits per heavy atom. The molecule has 2 aromatic carbocycles. The van der Waals surface area contributed by atoms with E-state index in [1.54, 1.807) is 29.2 Å². The van der Waals surface area contributed by atoms with Gasteiger partial charge < -0.3 is 14.8 Å². The Morgan fingerprint density at radius 2 is 2.04 bits per heavy atom. The van der Waals surface area contributed by atoms with E-state index in [-0.39, 0.29) is 11.7 Å². The minimum absolute atomic E-state index is 0.147. The number of phenols is 1. The van der Waals surface area contributed by atoms with E-state index in [2.05, 4.69) is 10.2 Å². The van der Waals surface area contributed by atoms with Crippen molar-refractivity contribution in [2.24, 2.45) is 5.92 Å². The van der Waals surface area contributed by atoms with Crippen LogP contribution >= 0.6 is 11.6 Å². The van der Waals surface area contributed by atoms with Crippen LogP contribution in [0.25, 0.3) is 10.9 Å². The number of amides is 1. The molecule has 0 aliphatic carbocycles. The molecule has 1 aromatic heterocycles. The number of carbonyl (C=O) groups excluding carboxylic acids is 2. The molecule has 2 N–H and O–H groups in total. The van der Waals surface area contributed by atoms with Crippen LogP contribution < -0.4 is 0 Å². The summed E-state index contributed by atoms with van der Waals surface area (Å²) in [6, 6.07) is 12.1. The number of H-pyrrole nitrogens is 1. The number of fused-ring (bicyclic) bond motifs is 1. The number of nitrogens with zero attached hydrogens (tertiary/aromatic N) is 2. The monoisotopic (exact) mass is 385 g/mol. The Kier molecular flexibility index (Phi) is 5.76. The summed E-state index contributed by atoms with van der Waals surface area (Å²) in [5.41, 5.74) is 2.49. The van der Waals surface area contributed by atoms with Crippen molar-refractivity contribution in [1.82, 2.24) is 15.1 Å². The van der Waals surface area contributed by atoms with Crippen molar-refractivity contribution in [3.63, 3.8) is 0 Å². The first-order valence-electron chi connectivity index (χ1n) is 8.67. The summed E-state index contributed by atoms with van der Waals surface area (Å²) in [6.07, 6.45) is 0.977. The quantitative estimate of drug-likeness (QED) is 0.482. The number of aromatic hydroxyl groups is 1. The number of hydrogen-bond donors (Lipinski definition) is 2. The third-order valence-electron chi connectivity index (χ3n) is 4.57. The van der Waals surface area contributed by atoms with E-state index in [0.29, 0.717) is 30.9 Å². The third-order valence-corrected chi connectivity index (χ3v) is 4.86. The van der Waals surface area contributed by atoms with Gasteiger partial charge in [-0.05, 0) is 42.7 Å². The number of para-hydroxylation sites is 1. The van der Waals surface area contributed by atoms with Crippen LogP contribution in [0.15, 0.2) is 42.5 Å². The molecule has 0 saturated carbocycles. The zero-order valence-electron chi connectivity index (χ0n) is 14.9. The van der Waals surface area contributed by atoms with Crippen LogP contribution in [-0.2, 0) is 22.6 Å². The molecule has 0 radical (unpaired) electrons. The molecule has 0 bridgehead atoms. The van der Waals surface area contributed by atoms with Gasteiger partial charge in [0.05, 0.1) is 11.4 Å². The van der Waals surface area contributed by atoms with E-state index in [1.807, 2.05) is 25.1 Å². The second kappa shape index (κ2) is 8.22. The molecule has 0 aliphatic heterocycles. The fraction of sp³-hybridized carbons (Fsp3) is 0.250. The molecule has 27 heavy (non-hydrogen) atoms. The predicted octanol–water partition coefficient (Wildman–Crippen LogP) is 3.33. The first kappa shape index (κ1) is 18.9. The number of aldehydes is 1. The lowest BCUT2D eigenvalue weighted by molar-refractivity contribution is -0.138. The maximum Gasteiger partial charge on any atom is 0.233 e. The van der Waals surface area contributed by atoms with Crippen molar-refractivity contribution >= 4 is 34.7 Å². The average molecular weight is 386 g/mol. The van der Waals surface area contributed by atoms with Crippen LogP contribution in [0.3, 0.4) is 0 Å². The molecule has 0 fully saturated rings. The Morgan fingerprint density at radius 1 is 1.30 bits per heavy atom. The van der Waals surface area contributed by atoms with Gasteiger partial charge in [-0.1, -0.05) is 35.9 Å². The number of carbonyl (C=O) groups is 2. The zero-order chi connectivity index (χ0) is 19.4. The molecule has 3 aromatic rings. The molecule has 3 rings (SSSR count). The lowest BCUT2D eigenvalue weighted by Gasteiger charge is -2.24. The average Bonchev–Trinajstić information content (AvgIpc) is 3.07. The number of rotatable bonds is 7. The number of nitrogens with one attached hydrogen (secondary N) is 1. The molecular formula is C20H20ClN3O3. The zero-order valence-corrected chi connectivity index (χ0v) is 15.6. The van der Waals surface area contributed by atoms with Gasteiger partial charge in [-0.25, -0.2) is 0 Å². The number of aromatic amines is 1. The van der Waals surface area contributed by atoms with Crippen molar-refractivity contribution in [2.45, 2.75) is 19.9 Å². The smallest absolute Gasteiger partial charge is 0.233 e.